The summed E-state index contributed by atoms with van der Waals surface area (Å²) in [5.41, 5.74) is 6.20. The molecular weight excluding hydrogens is 228 g/mol. The molecule has 5 nitrogen and oxygen atoms in total. The van der Waals surface area contributed by atoms with Crippen LogP contribution in [-0.2, 0) is 0 Å². The number of anilines is 2. The smallest absolute Gasteiger partial charge is 0.242 e. The van der Waals surface area contributed by atoms with Gasteiger partial charge in [-0.2, -0.15) is 4.98 Å². The Morgan fingerprint density at radius 2 is 2.31 bits per heavy atom. The third kappa shape index (κ3) is 3.58. The van der Waals surface area contributed by atoms with Crippen LogP contribution in [0.15, 0.2) is 17.9 Å². The highest BCUT2D eigenvalue weighted by atomic mass is 35.5. The summed E-state index contributed by atoms with van der Waals surface area (Å²) in [6.07, 6.45) is 1.39. The highest BCUT2D eigenvalue weighted by Gasteiger charge is 2.10. The van der Waals surface area contributed by atoms with Crippen LogP contribution in [0.2, 0.25) is 0 Å². The van der Waals surface area contributed by atoms with Crippen LogP contribution in [0.25, 0.3) is 0 Å². The molecule has 0 aliphatic heterocycles. The molecule has 1 aromatic rings. The Morgan fingerprint density at radius 3 is 2.88 bits per heavy atom. The minimum atomic E-state index is 0.00745. The zero-order valence-electron chi connectivity index (χ0n) is 9.33. The molecule has 0 aromatic carbocycles. The van der Waals surface area contributed by atoms with E-state index in [1.54, 1.807) is 0 Å². The van der Waals surface area contributed by atoms with Gasteiger partial charge in [0.1, 0.15) is 12.0 Å². The number of nitrogens with one attached hydrogen (secondary N) is 1. The number of rotatable bonds is 5. The monoisotopic (exact) mass is 242 g/mol. The van der Waals surface area contributed by atoms with Gasteiger partial charge in [0.2, 0.25) is 5.88 Å². The van der Waals surface area contributed by atoms with E-state index in [1.807, 2.05) is 13.8 Å². The van der Waals surface area contributed by atoms with Crippen molar-refractivity contribution in [1.82, 2.24) is 9.97 Å². The fourth-order valence-corrected chi connectivity index (χ4v) is 1.08. The van der Waals surface area contributed by atoms with Crippen LogP contribution >= 0.6 is 11.6 Å². The number of aromatic nitrogens is 2. The molecular formula is C10H15ClN4O. The van der Waals surface area contributed by atoms with Gasteiger partial charge in [0.15, 0.2) is 5.82 Å². The number of halogens is 1. The lowest BCUT2D eigenvalue weighted by Crippen LogP contribution is -2.12. The summed E-state index contributed by atoms with van der Waals surface area (Å²) in [6, 6.07) is 0. The van der Waals surface area contributed by atoms with Gasteiger partial charge in [-0.25, -0.2) is 4.98 Å². The van der Waals surface area contributed by atoms with E-state index in [9.17, 15) is 0 Å². The van der Waals surface area contributed by atoms with Gasteiger partial charge in [-0.1, -0.05) is 18.2 Å². The molecule has 0 aliphatic rings. The van der Waals surface area contributed by atoms with Crippen LogP contribution in [0.3, 0.4) is 0 Å². The third-order valence-electron chi connectivity index (χ3n) is 1.64. The normalized spacial score (nSPS) is 10.2. The summed E-state index contributed by atoms with van der Waals surface area (Å²) in [4.78, 5) is 7.94. The van der Waals surface area contributed by atoms with E-state index in [1.165, 1.54) is 6.33 Å². The van der Waals surface area contributed by atoms with Gasteiger partial charge < -0.3 is 15.8 Å². The molecule has 0 amide bonds. The lowest BCUT2D eigenvalue weighted by molar-refractivity contribution is 0.234. The molecule has 0 unspecified atom stereocenters. The van der Waals surface area contributed by atoms with Gasteiger partial charge in [-0.3, -0.25) is 0 Å². The highest BCUT2D eigenvalue weighted by molar-refractivity contribution is 6.29. The van der Waals surface area contributed by atoms with E-state index in [4.69, 9.17) is 22.1 Å². The van der Waals surface area contributed by atoms with Crippen molar-refractivity contribution in [3.63, 3.8) is 0 Å². The standard InChI is InChI=1S/C10H15ClN4O/c1-6(2)16-10-8(12)9(14-5-15-10)13-4-7(3)11/h5-6H,3-4,12H2,1-2H3,(H,13,14,15). The van der Waals surface area contributed by atoms with Crippen molar-refractivity contribution in [2.45, 2.75) is 20.0 Å². The Balaban J connectivity index is 2.81. The average molecular weight is 243 g/mol. The van der Waals surface area contributed by atoms with Gasteiger partial charge >= 0.3 is 0 Å². The maximum atomic E-state index is 5.83. The summed E-state index contributed by atoms with van der Waals surface area (Å²) in [6.45, 7) is 7.75. The van der Waals surface area contributed by atoms with Gasteiger partial charge in [-0.05, 0) is 13.8 Å². The lowest BCUT2D eigenvalue weighted by Gasteiger charge is -2.13. The van der Waals surface area contributed by atoms with Crippen molar-refractivity contribution < 1.29 is 4.74 Å². The van der Waals surface area contributed by atoms with E-state index >= 15 is 0 Å². The van der Waals surface area contributed by atoms with Crippen LogP contribution in [0.1, 0.15) is 13.8 Å². The van der Waals surface area contributed by atoms with Gasteiger partial charge in [-0.15, -0.1) is 0 Å². The van der Waals surface area contributed by atoms with E-state index in [0.717, 1.165) is 0 Å². The zero-order valence-corrected chi connectivity index (χ0v) is 10.1. The van der Waals surface area contributed by atoms with E-state index in [2.05, 4.69) is 21.9 Å². The van der Waals surface area contributed by atoms with Crippen molar-refractivity contribution in [1.29, 1.82) is 0 Å². The zero-order chi connectivity index (χ0) is 12.1. The first kappa shape index (κ1) is 12.6. The molecule has 0 atom stereocenters. The number of hydrogen-bond donors (Lipinski definition) is 2. The number of ether oxygens (including phenoxy) is 1. The third-order valence-corrected chi connectivity index (χ3v) is 1.78. The van der Waals surface area contributed by atoms with Crippen LogP contribution in [0.5, 0.6) is 5.88 Å². The van der Waals surface area contributed by atoms with Crippen molar-refractivity contribution in [3.05, 3.63) is 17.9 Å². The minimum Gasteiger partial charge on any atom is -0.473 e. The summed E-state index contributed by atoms with van der Waals surface area (Å²) in [5.74, 6) is 0.861. The maximum Gasteiger partial charge on any atom is 0.242 e. The molecule has 1 aromatic heterocycles. The van der Waals surface area contributed by atoms with E-state index in [0.29, 0.717) is 29.0 Å². The second-order valence-electron chi connectivity index (χ2n) is 3.48. The number of nitrogens with zero attached hydrogens (tertiary/aromatic N) is 2. The molecule has 3 N–H and O–H groups in total. The molecule has 0 radical (unpaired) electrons. The van der Waals surface area contributed by atoms with Crippen LogP contribution in [-0.4, -0.2) is 22.6 Å². The largest absolute Gasteiger partial charge is 0.473 e. The molecule has 6 heteroatoms. The Bertz CT molecular complexity index is 381. The van der Waals surface area contributed by atoms with Crippen LogP contribution < -0.4 is 15.8 Å². The number of hydrogen-bond acceptors (Lipinski definition) is 5. The van der Waals surface area contributed by atoms with E-state index < -0.39 is 0 Å². The van der Waals surface area contributed by atoms with Crippen molar-refractivity contribution in [2.75, 3.05) is 17.6 Å². The first-order valence-electron chi connectivity index (χ1n) is 4.85. The quantitative estimate of drug-likeness (QED) is 0.826. The molecule has 16 heavy (non-hydrogen) atoms. The average Bonchev–Trinajstić information content (AvgIpc) is 2.18. The Hall–Kier alpha value is -1.49. The molecule has 0 saturated heterocycles. The highest BCUT2D eigenvalue weighted by Crippen LogP contribution is 2.25. The maximum absolute atomic E-state index is 5.83. The topological polar surface area (TPSA) is 73.1 Å². The molecule has 1 heterocycles. The van der Waals surface area contributed by atoms with Crippen LogP contribution in [0.4, 0.5) is 11.5 Å². The molecule has 0 spiro atoms. The summed E-state index contributed by atoms with van der Waals surface area (Å²) >= 11 is 5.63. The van der Waals surface area contributed by atoms with E-state index in [-0.39, 0.29) is 6.10 Å². The molecule has 0 saturated carbocycles. The first-order valence-corrected chi connectivity index (χ1v) is 5.22. The minimum absolute atomic E-state index is 0.00745. The second kappa shape index (κ2) is 5.55. The fourth-order valence-electron chi connectivity index (χ4n) is 1.02. The number of nitrogen functional groups attached to an aromatic ring is 1. The Kier molecular flexibility index (Phi) is 4.37. The second-order valence-corrected chi connectivity index (χ2v) is 4.01. The molecule has 1 rings (SSSR count). The van der Waals surface area contributed by atoms with Crippen molar-refractivity contribution >= 4 is 23.1 Å². The van der Waals surface area contributed by atoms with Gasteiger partial charge in [0, 0.05) is 5.03 Å². The summed E-state index contributed by atoms with van der Waals surface area (Å²) < 4.78 is 5.42. The first-order chi connectivity index (χ1) is 7.50. The molecule has 88 valence electrons. The summed E-state index contributed by atoms with van der Waals surface area (Å²) in [5, 5.41) is 3.41. The van der Waals surface area contributed by atoms with Crippen molar-refractivity contribution in [3.8, 4) is 5.88 Å². The number of nitrogens with two attached hydrogens (primary N) is 1. The molecule has 0 aliphatic carbocycles. The molecule has 0 bridgehead atoms. The molecule has 0 fully saturated rings. The summed E-state index contributed by atoms with van der Waals surface area (Å²) in [7, 11) is 0. The van der Waals surface area contributed by atoms with Gasteiger partial charge in [0.05, 0.1) is 12.6 Å². The lowest BCUT2D eigenvalue weighted by atomic mass is 10.4. The van der Waals surface area contributed by atoms with Gasteiger partial charge in [0.25, 0.3) is 0 Å². The Labute approximate surface area is 99.7 Å². The predicted octanol–water partition coefficient (Wildman–Crippen LogP) is 2.01. The van der Waals surface area contributed by atoms with Crippen LogP contribution in [0, 0.1) is 0 Å². The van der Waals surface area contributed by atoms with Crippen molar-refractivity contribution in [2.24, 2.45) is 0 Å². The SMILES string of the molecule is C=C(Cl)CNc1ncnc(OC(C)C)c1N. The fraction of sp³-hybridized carbons (Fsp3) is 0.400. The predicted molar refractivity (Wildman–Crippen MR) is 65.7 cm³/mol. The Morgan fingerprint density at radius 1 is 1.62 bits per heavy atom.